The van der Waals surface area contributed by atoms with Crippen molar-refractivity contribution in [3.63, 3.8) is 0 Å². The molecule has 2 heteroatoms. The first-order valence-corrected chi connectivity index (χ1v) is 3.52. The van der Waals surface area contributed by atoms with Crippen LogP contribution in [-0.4, -0.2) is 5.78 Å². The lowest BCUT2D eigenvalue weighted by molar-refractivity contribution is -0.126. The molecule has 0 aromatic carbocycles. The Hall–Kier alpha value is -0.840. The van der Waals surface area contributed by atoms with Crippen molar-refractivity contribution in [1.29, 1.82) is 5.26 Å². The van der Waals surface area contributed by atoms with Crippen LogP contribution in [0.15, 0.2) is 0 Å². The van der Waals surface area contributed by atoms with Gasteiger partial charge in [0.1, 0.15) is 5.92 Å². The summed E-state index contributed by atoms with van der Waals surface area (Å²) in [5.74, 6) is -0.204. The number of nitriles is 1. The summed E-state index contributed by atoms with van der Waals surface area (Å²) >= 11 is 0. The van der Waals surface area contributed by atoms with E-state index >= 15 is 0 Å². The molecule has 0 saturated heterocycles. The number of carbonyl (C=O) groups is 1. The molecule has 10 heavy (non-hydrogen) atoms. The zero-order chi connectivity index (χ0) is 7.78. The van der Waals surface area contributed by atoms with Crippen molar-refractivity contribution in [1.82, 2.24) is 0 Å². The molecule has 0 radical (unpaired) electrons. The largest absolute Gasteiger partial charge is 0.298 e. The zero-order valence-electron chi connectivity index (χ0n) is 6.35. The van der Waals surface area contributed by atoms with Crippen LogP contribution in [0.25, 0.3) is 0 Å². The first-order chi connectivity index (χ1) is 4.58. The summed E-state index contributed by atoms with van der Waals surface area (Å²) in [5, 5.41) is 8.50. The van der Waals surface area contributed by atoms with Crippen LogP contribution in [0.4, 0.5) is 0 Å². The summed E-state index contributed by atoms with van der Waals surface area (Å²) in [6, 6.07) is 2.02. The van der Waals surface area contributed by atoms with Crippen molar-refractivity contribution in [2.45, 2.75) is 26.7 Å². The average molecular weight is 137 g/mol. The number of hydrogen-bond acceptors (Lipinski definition) is 2. The minimum absolute atomic E-state index is 0.120. The maximum Gasteiger partial charge on any atom is 0.155 e. The summed E-state index contributed by atoms with van der Waals surface area (Å²) in [6.07, 6.45) is 1.62. The van der Waals surface area contributed by atoms with Crippen LogP contribution in [-0.2, 0) is 4.79 Å². The fourth-order valence-corrected chi connectivity index (χ4v) is 1.35. The molecule has 0 aliphatic heterocycles. The maximum absolute atomic E-state index is 11.2. The van der Waals surface area contributed by atoms with Crippen molar-refractivity contribution in [2.24, 2.45) is 11.3 Å². The van der Waals surface area contributed by atoms with E-state index in [1.54, 1.807) is 0 Å². The summed E-state index contributed by atoms with van der Waals surface area (Å²) < 4.78 is 0. The van der Waals surface area contributed by atoms with Gasteiger partial charge in [0.2, 0.25) is 0 Å². The second-order valence-corrected chi connectivity index (χ2v) is 3.47. The second kappa shape index (κ2) is 2.09. The van der Waals surface area contributed by atoms with E-state index in [1.807, 2.05) is 19.9 Å². The van der Waals surface area contributed by atoms with Crippen molar-refractivity contribution in [2.75, 3.05) is 0 Å². The molecule has 0 spiro atoms. The van der Waals surface area contributed by atoms with Crippen LogP contribution in [0, 0.1) is 22.7 Å². The Balaban J connectivity index is 2.80. The number of carbonyl (C=O) groups excluding carboxylic acids is 1. The van der Waals surface area contributed by atoms with Crippen molar-refractivity contribution in [3.05, 3.63) is 0 Å². The fourth-order valence-electron chi connectivity index (χ4n) is 1.35. The highest BCUT2D eigenvalue weighted by Gasteiger charge is 2.40. The van der Waals surface area contributed by atoms with Crippen LogP contribution in [0.1, 0.15) is 26.7 Å². The van der Waals surface area contributed by atoms with Gasteiger partial charge in [-0.25, -0.2) is 0 Å². The molecule has 1 saturated carbocycles. The van der Waals surface area contributed by atoms with Gasteiger partial charge in [0.25, 0.3) is 0 Å². The minimum Gasteiger partial charge on any atom is -0.298 e. The molecule has 0 bridgehead atoms. The predicted octanol–water partition coefficient (Wildman–Crippen LogP) is 1.52. The molecule has 1 aliphatic rings. The highest BCUT2D eigenvalue weighted by Crippen LogP contribution is 2.36. The molecule has 1 fully saturated rings. The lowest BCUT2D eigenvalue weighted by atomic mass is 9.89. The smallest absolute Gasteiger partial charge is 0.155 e. The van der Waals surface area contributed by atoms with Crippen molar-refractivity contribution in [3.8, 4) is 6.07 Å². The molecule has 0 N–H and O–H groups in total. The third-order valence-corrected chi connectivity index (χ3v) is 2.20. The maximum atomic E-state index is 11.2. The predicted molar refractivity (Wildman–Crippen MR) is 37.1 cm³/mol. The average Bonchev–Trinajstić information content (AvgIpc) is 2.10. The summed E-state index contributed by atoms with van der Waals surface area (Å²) in [7, 11) is 0. The highest BCUT2D eigenvalue weighted by atomic mass is 16.1. The normalized spacial score (nSPS) is 30.1. The standard InChI is InChI=1S/C8H11NO/c1-8(2)4-3-6(5-9)7(8)10/h6H,3-4H2,1-2H3/t6-/m0/s1. The van der Waals surface area contributed by atoms with Gasteiger partial charge in [0.15, 0.2) is 5.78 Å². The topological polar surface area (TPSA) is 40.9 Å². The fraction of sp³-hybridized carbons (Fsp3) is 0.750. The molecule has 0 aromatic heterocycles. The van der Waals surface area contributed by atoms with Crippen LogP contribution >= 0.6 is 0 Å². The van der Waals surface area contributed by atoms with E-state index in [0.717, 1.165) is 12.8 Å². The van der Waals surface area contributed by atoms with Crippen molar-refractivity contribution < 1.29 is 4.79 Å². The van der Waals surface area contributed by atoms with Gasteiger partial charge >= 0.3 is 0 Å². The van der Waals surface area contributed by atoms with Gasteiger partial charge in [-0.1, -0.05) is 13.8 Å². The lowest BCUT2D eigenvalue weighted by Gasteiger charge is -2.12. The SMILES string of the molecule is CC1(C)CC[C@@H](C#N)C1=O. The van der Waals surface area contributed by atoms with Crippen LogP contribution in [0.3, 0.4) is 0 Å². The van der Waals surface area contributed by atoms with Gasteiger partial charge in [-0.2, -0.15) is 5.26 Å². The molecule has 1 aliphatic carbocycles. The third-order valence-electron chi connectivity index (χ3n) is 2.20. The lowest BCUT2D eigenvalue weighted by Crippen LogP contribution is -2.20. The summed E-state index contributed by atoms with van der Waals surface area (Å²) in [5.41, 5.74) is -0.236. The monoisotopic (exact) mass is 137 g/mol. The van der Waals surface area contributed by atoms with Crippen LogP contribution in [0.5, 0.6) is 0 Å². The Labute approximate surface area is 60.8 Å². The van der Waals surface area contributed by atoms with Gasteiger partial charge in [-0.15, -0.1) is 0 Å². The van der Waals surface area contributed by atoms with Gasteiger partial charge in [0, 0.05) is 5.41 Å². The Morgan fingerprint density at radius 1 is 1.70 bits per heavy atom. The zero-order valence-corrected chi connectivity index (χ0v) is 6.35. The molecule has 1 rings (SSSR count). The quantitative estimate of drug-likeness (QED) is 0.507. The van der Waals surface area contributed by atoms with E-state index < -0.39 is 0 Å². The Kier molecular flexibility index (Phi) is 1.52. The summed E-state index contributed by atoms with van der Waals surface area (Å²) in [6.45, 7) is 3.82. The third kappa shape index (κ3) is 0.923. The minimum atomic E-state index is -0.324. The van der Waals surface area contributed by atoms with Gasteiger partial charge < -0.3 is 0 Å². The number of hydrogen-bond donors (Lipinski definition) is 0. The molecular weight excluding hydrogens is 126 g/mol. The first-order valence-electron chi connectivity index (χ1n) is 3.52. The molecule has 0 amide bonds. The molecule has 0 unspecified atom stereocenters. The highest BCUT2D eigenvalue weighted by molar-refractivity contribution is 5.90. The molecule has 0 aromatic rings. The number of Topliss-reactive ketones (excluding diaryl/α,β-unsaturated/α-hetero) is 1. The first kappa shape index (κ1) is 7.27. The molecule has 1 atom stereocenters. The van der Waals surface area contributed by atoms with Crippen molar-refractivity contribution >= 4 is 5.78 Å². The second-order valence-electron chi connectivity index (χ2n) is 3.47. The van der Waals surface area contributed by atoms with Gasteiger partial charge in [-0.05, 0) is 12.8 Å². The van der Waals surface area contributed by atoms with E-state index in [2.05, 4.69) is 0 Å². The Bertz CT molecular complexity index is 200. The van der Waals surface area contributed by atoms with Gasteiger partial charge in [0.05, 0.1) is 6.07 Å². The van der Waals surface area contributed by atoms with Crippen LogP contribution in [0.2, 0.25) is 0 Å². The number of ketones is 1. The molecule has 2 nitrogen and oxygen atoms in total. The molecular formula is C8H11NO. The van der Waals surface area contributed by atoms with E-state index in [-0.39, 0.29) is 17.1 Å². The molecule has 54 valence electrons. The van der Waals surface area contributed by atoms with Gasteiger partial charge in [-0.3, -0.25) is 4.79 Å². The summed E-state index contributed by atoms with van der Waals surface area (Å²) in [4.78, 5) is 11.2. The number of nitrogens with zero attached hydrogens (tertiary/aromatic N) is 1. The Morgan fingerprint density at radius 3 is 2.50 bits per heavy atom. The Morgan fingerprint density at radius 2 is 2.30 bits per heavy atom. The number of rotatable bonds is 0. The van der Waals surface area contributed by atoms with Crippen LogP contribution < -0.4 is 0 Å². The van der Waals surface area contributed by atoms with E-state index in [0.29, 0.717) is 0 Å². The van der Waals surface area contributed by atoms with E-state index in [1.165, 1.54) is 0 Å². The van der Waals surface area contributed by atoms with E-state index in [4.69, 9.17) is 5.26 Å². The molecule has 0 heterocycles. The van der Waals surface area contributed by atoms with E-state index in [9.17, 15) is 4.79 Å².